The molecule has 164 valence electrons. The van der Waals surface area contributed by atoms with Gasteiger partial charge in [-0.25, -0.2) is 4.79 Å². The monoisotopic (exact) mass is 443 g/mol. The summed E-state index contributed by atoms with van der Waals surface area (Å²) in [6.45, 7) is 6.33. The van der Waals surface area contributed by atoms with E-state index in [-0.39, 0.29) is 12.7 Å². The van der Waals surface area contributed by atoms with Crippen LogP contribution < -0.4 is 9.47 Å². The van der Waals surface area contributed by atoms with Crippen molar-refractivity contribution in [2.75, 3.05) is 6.61 Å². The van der Waals surface area contributed by atoms with Gasteiger partial charge in [0.05, 0.1) is 17.2 Å². The lowest BCUT2D eigenvalue weighted by Crippen LogP contribution is -2.26. The van der Waals surface area contributed by atoms with Crippen molar-refractivity contribution in [3.63, 3.8) is 0 Å². The van der Waals surface area contributed by atoms with Gasteiger partial charge in [0.2, 0.25) is 0 Å². The topological polar surface area (TPSA) is 77.9 Å². The van der Waals surface area contributed by atoms with Gasteiger partial charge in [0.15, 0.2) is 6.10 Å². The largest absolute Gasteiger partial charge is 0.490 e. The highest BCUT2D eigenvalue weighted by atomic mass is 35.5. The average Bonchev–Trinajstić information content (AvgIpc) is 2.73. The van der Waals surface area contributed by atoms with Crippen LogP contribution in [0.4, 0.5) is 0 Å². The molecule has 0 amide bonds. The molecule has 0 radical (unpaired) electrons. The molecule has 3 aromatic rings. The number of rotatable bonds is 10. The highest BCUT2D eigenvalue weighted by Gasteiger charge is 2.18. The molecule has 0 fully saturated rings. The Morgan fingerprint density at radius 2 is 1.90 bits per heavy atom. The third-order valence-electron chi connectivity index (χ3n) is 4.59. The van der Waals surface area contributed by atoms with Gasteiger partial charge in [-0.05, 0) is 56.7 Å². The highest BCUT2D eigenvalue weighted by Crippen LogP contribution is 2.32. The van der Waals surface area contributed by atoms with Crippen LogP contribution in [0.25, 0.3) is 10.9 Å². The van der Waals surface area contributed by atoms with Crippen LogP contribution in [0.5, 0.6) is 11.5 Å². The van der Waals surface area contributed by atoms with Crippen molar-refractivity contribution in [1.29, 1.82) is 0 Å². The summed E-state index contributed by atoms with van der Waals surface area (Å²) in [5.41, 5.74) is 2.48. The Morgan fingerprint density at radius 1 is 1.16 bits per heavy atom. The van der Waals surface area contributed by atoms with Crippen molar-refractivity contribution in [2.45, 2.75) is 46.0 Å². The molecule has 0 bridgehead atoms. The minimum atomic E-state index is -0.969. The van der Waals surface area contributed by atoms with Crippen LogP contribution in [0.1, 0.15) is 31.9 Å². The van der Waals surface area contributed by atoms with Crippen molar-refractivity contribution in [2.24, 2.45) is 0 Å². The van der Waals surface area contributed by atoms with Gasteiger partial charge in [-0.1, -0.05) is 23.7 Å². The van der Waals surface area contributed by atoms with Crippen LogP contribution in [-0.2, 0) is 22.6 Å². The normalized spacial score (nSPS) is 12.2. The third-order valence-corrected chi connectivity index (χ3v) is 4.83. The molecule has 3 rings (SSSR count). The molecule has 1 N–H and O–H groups in total. The first kappa shape index (κ1) is 22.8. The van der Waals surface area contributed by atoms with Gasteiger partial charge < -0.3 is 19.3 Å². The zero-order valence-electron chi connectivity index (χ0n) is 17.8. The lowest BCUT2D eigenvalue weighted by Gasteiger charge is -2.17. The Morgan fingerprint density at radius 3 is 2.55 bits per heavy atom. The summed E-state index contributed by atoms with van der Waals surface area (Å²) in [4.78, 5) is 15.8. The molecule has 0 aliphatic rings. The summed E-state index contributed by atoms with van der Waals surface area (Å²) in [7, 11) is 0. The molecule has 1 heterocycles. The quantitative estimate of drug-likeness (QED) is 0.459. The molecular weight excluding hydrogens is 418 g/mol. The summed E-state index contributed by atoms with van der Waals surface area (Å²) in [5, 5.41) is 10.7. The number of benzene rings is 2. The summed E-state index contributed by atoms with van der Waals surface area (Å²) in [5.74, 6) is 0.401. The molecule has 0 aliphatic carbocycles. The molecule has 31 heavy (non-hydrogen) atoms. The standard InChI is InChI=1S/C24H26ClNO5/c1-4-29-22(24(27)28)11-16-5-8-19(9-6-16)30-14-17-13-26-21-10-7-18(25)12-20(21)23(17)31-15(2)3/h5-10,12-13,15,22H,4,11,14H2,1-3H3,(H,27,28). The molecule has 2 aromatic carbocycles. The van der Waals surface area contributed by atoms with E-state index in [4.69, 9.17) is 25.8 Å². The molecule has 0 spiro atoms. The first-order valence-corrected chi connectivity index (χ1v) is 10.5. The van der Waals surface area contributed by atoms with E-state index < -0.39 is 12.1 Å². The molecule has 7 heteroatoms. The number of carboxylic acids is 1. The van der Waals surface area contributed by atoms with Crippen molar-refractivity contribution in [3.8, 4) is 11.5 Å². The molecule has 0 aliphatic heterocycles. The fraction of sp³-hybridized carbons (Fsp3) is 0.333. The predicted octanol–water partition coefficient (Wildman–Crippen LogP) is 5.29. The zero-order chi connectivity index (χ0) is 22.4. The Bertz CT molecular complexity index is 1040. The van der Waals surface area contributed by atoms with Crippen LogP contribution in [0.3, 0.4) is 0 Å². The SMILES string of the molecule is CCOC(Cc1ccc(OCc2cnc3ccc(Cl)cc3c2OC(C)C)cc1)C(=O)O. The first-order valence-electron chi connectivity index (χ1n) is 10.2. The Hall–Kier alpha value is -2.83. The van der Waals surface area contributed by atoms with Crippen molar-refractivity contribution >= 4 is 28.5 Å². The number of carboxylic acid groups (broad SMARTS) is 1. The van der Waals surface area contributed by atoms with Gasteiger partial charge in [0.1, 0.15) is 18.1 Å². The smallest absolute Gasteiger partial charge is 0.333 e. The maximum absolute atomic E-state index is 11.3. The Kier molecular flexibility index (Phi) is 7.71. The fourth-order valence-electron chi connectivity index (χ4n) is 3.18. The molecule has 0 saturated heterocycles. The van der Waals surface area contributed by atoms with Gasteiger partial charge in [-0.15, -0.1) is 0 Å². The molecule has 1 aromatic heterocycles. The summed E-state index contributed by atoms with van der Waals surface area (Å²) in [6, 6.07) is 12.8. The number of aliphatic carboxylic acids is 1. The maximum Gasteiger partial charge on any atom is 0.333 e. The van der Waals surface area contributed by atoms with E-state index in [2.05, 4.69) is 4.98 Å². The minimum absolute atomic E-state index is 0.0184. The highest BCUT2D eigenvalue weighted by molar-refractivity contribution is 6.31. The lowest BCUT2D eigenvalue weighted by molar-refractivity contribution is -0.149. The number of pyridine rings is 1. The van der Waals surface area contributed by atoms with Crippen LogP contribution in [0, 0.1) is 0 Å². The molecule has 1 atom stereocenters. The van der Waals surface area contributed by atoms with Crippen LogP contribution in [0.2, 0.25) is 5.02 Å². The molecule has 0 saturated carbocycles. The van der Waals surface area contributed by atoms with Crippen molar-refractivity contribution in [1.82, 2.24) is 4.98 Å². The molecule has 1 unspecified atom stereocenters. The van der Waals surface area contributed by atoms with E-state index >= 15 is 0 Å². The number of hydrogen-bond donors (Lipinski definition) is 1. The average molecular weight is 444 g/mol. The second kappa shape index (κ2) is 10.5. The van der Waals surface area contributed by atoms with E-state index in [1.807, 2.05) is 50.2 Å². The van der Waals surface area contributed by atoms with Crippen LogP contribution >= 0.6 is 11.6 Å². The van der Waals surface area contributed by atoms with Gasteiger partial charge in [-0.3, -0.25) is 4.98 Å². The number of carbonyl (C=O) groups is 1. The second-order valence-electron chi connectivity index (χ2n) is 7.36. The van der Waals surface area contributed by atoms with E-state index in [0.717, 1.165) is 22.0 Å². The fourth-order valence-corrected chi connectivity index (χ4v) is 3.35. The summed E-state index contributed by atoms with van der Waals surface area (Å²) >= 11 is 6.18. The lowest BCUT2D eigenvalue weighted by atomic mass is 10.1. The second-order valence-corrected chi connectivity index (χ2v) is 7.80. The van der Waals surface area contributed by atoms with Crippen LogP contribution in [-0.4, -0.2) is 34.9 Å². The first-order chi connectivity index (χ1) is 14.9. The van der Waals surface area contributed by atoms with E-state index in [1.54, 1.807) is 19.2 Å². The maximum atomic E-state index is 11.3. The van der Waals surface area contributed by atoms with Crippen LogP contribution in [0.15, 0.2) is 48.7 Å². The van der Waals surface area contributed by atoms with Gasteiger partial charge in [0, 0.05) is 29.6 Å². The van der Waals surface area contributed by atoms with Gasteiger partial charge in [0.25, 0.3) is 0 Å². The van der Waals surface area contributed by atoms with Gasteiger partial charge >= 0.3 is 5.97 Å². The number of aromatic nitrogens is 1. The van der Waals surface area contributed by atoms with E-state index in [0.29, 0.717) is 29.5 Å². The number of fused-ring (bicyclic) bond motifs is 1. The number of ether oxygens (including phenoxy) is 3. The van der Waals surface area contributed by atoms with Gasteiger partial charge in [-0.2, -0.15) is 0 Å². The number of nitrogens with zero attached hydrogens (tertiary/aromatic N) is 1. The van der Waals surface area contributed by atoms with E-state index in [9.17, 15) is 9.90 Å². The summed E-state index contributed by atoms with van der Waals surface area (Å²) < 4.78 is 17.3. The Balaban J connectivity index is 1.75. The minimum Gasteiger partial charge on any atom is -0.490 e. The molecule has 6 nitrogen and oxygen atoms in total. The zero-order valence-corrected chi connectivity index (χ0v) is 18.6. The summed E-state index contributed by atoms with van der Waals surface area (Å²) in [6.07, 6.45) is 1.17. The number of hydrogen-bond acceptors (Lipinski definition) is 5. The third kappa shape index (κ3) is 6.09. The van der Waals surface area contributed by atoms with Crippen molar-refractivity contribution < 1.29 is 24.1 Å². The predicted molar refractivity (Wildman–Crippen MR) is 120 cm³/mol. The Labute approximate surface area is 186 Å². The van der Waals surface area contributed by atoms with Crippen molar-refractivity contribution in [3.05, 3.63) is 64.8 Å². The number of halogens is 1. The molecular formula is C24H26ClNO5. The van der Waals surface area contributed by atoms with E-state index in [1.165, 1.54) is 0 Å².